The number of aliphatic hydroxyl groups is 2. The topological polar surface area (TPSA) is 175 Å². The van der Waals surface area contributed by atoms with Crippen LogP contribution in [0, 0.1) is 13.8 Å². The summed E-state index contributed by atoms with van der Waals surface area (Å²) >= 11 is 1.51. The Morgan fingerprint density at radius 1 is 1.11 bits per heavy atom. The van der Waals surface area contributed by atoms with Crippen LogP contribution in [0.25, 0.3) is 10.9 Å². The van der Waals surface area contributed by atoms with Crippen LogP contribution in [-0.4, -0.2) is 100 Å². The number of H-pyrrole nitrogens is 1. The third kappa shape index (κ3) is 4.75. The van der Waals surface area contributed by atoms with Crippen LogP contribution in [0.3, 0.4) is 0 Å². The van der Waals surface area contributed by atoms with Crippen LogP contribution in [0.1, 0.15) is 74.5 Å². The molecule has 56 heavy (non-hydrogen) atoms. The number of fused-ring (bicyclic) bond motifs is 11. The van der Waals surface area contributed by atoms with Gasteiger partial charge in [0.1, 0.15) is 18.6 Å². The number of methoxy groups -OCH3 is 1. The third-order valence-electron chi connectivity index (χ3n) is 13.0. The first-order valence-electron chi connectivity index (χ1n) is 19.0. The van der Waals surface area contributed by atoms with Gasteiger partial charge in [-0.2, -0.15) is 0 Å². The number of aliphatic hydroxyl groups excluding tert-OH is 2. The maximum absolute atomic E-state index is 14.8. The van der Waals surface area contributed by atoms with Crippen molar-refractivity contribution in [2.24, 2.45) is 0 Å². The summed E-state index contributed by atoms with van der Waals surface area (Å²) in [6.07, 6.45) is 0.0881. The van der Waals surface area contributed by atoms with Gasteiger partial charge in [-0.05, 0) is 68.1 Å². The number of aromatic amines is 1. The lowest BCUT2D eigenvalue weighted by Crippen LogP contribution is -2.70. The predicted octanol–water partition coefficient (Wildman–Crippen LogP) is 3.67. The number of esters is 2. The quantitative estimate of drug-likeness (QED) is 0.150. The van der Waals surface area contributed by atoms with E-state index in [1.54, 1.807) is 7.11 Å². The van der Waals surface area contributed by atoms with Crippen molar-refractivity contribution < 1.29 is 48.6 Å². The van der Waals surface area contributed by atoms with Crippen molar-refractivity contribution in [1.29, 1.82) is 0 Å². The highest BCUT2D eigenvalue weighted by molar-refractivity contribution is 7.99. The van der Waals surface area contributed by atoms with Crippen LogP contribution in [0.15, 0.2) is 24.3 Å². The molecule has 8 heterocycles. The molecule has 1 spiro atoms. The molecule has 7 atom stereocenters. The molecule has 0 saturated carbocycles. The van der Waals surface area contributed by atoms with E-state index in [0.29, 0.717) is 70.3 Å². The van der Waals surface area contributed by atoms with Gasteiger partial charge in [0.25, 0.3) is 0 Å². The number of nitrogens with zero attached hydrogens (tertiary/aromatic N) is 2. The minimum absolute atomic E-state index is 0.0506. The number of hydrogen-bond donors (Lipinski definition) is 5. The number of thioether (sulfide) groups is 1. The first-order chi connectivity index (χ1) is 27.0. The monoisotopic (exact) mass is 784 g/mol. The number of carbonyl (C=O) groups excluding carboxylic acids is 2. The first kappa shape index (κ1) is 35.9. The van der Waals surface area contributed by atoms with Gasteiger partial charge in [0, 0.05) is 58.4 Å². The Hall–Kier alpha value is -4.51. The summed E-state index contributed by atoms with van der Waals surface area (Å²) in [5, 5.41) is 38.6. The van der Waals surface area contributed by atoms with E-state index >= 15 is 0 Å². The first-order valence-corrected chi connectivity index (χ1v) is 20.0. The van der Waals surface area contributed by atoms with E-state index in [1.165, 1.54) is 18.7 Å². The molecule has 2 saturated heterocycles. The van der Waals surface area contributed by atoms with E-state index in [0.717, 1.165) is 33.2 Å². The summed E-state index contributed by atoms with van der Waals surface area (Å²) in [6, 6.07) is 5.63. The number of carbonyl (C=O) groups is 2. The number of phenols is 1. The average Bonchev–Trinajstić information content (AvgIpc) is 3.82. The molecule has 2 fully saturated rings. The Morgan fingerprint density at radius 3 is 2.68 bits per heavy atom. The molecule has 11 rings (SSSR count). The maximum atomic E-state index is 14.8. The van der Waals surface area contributed by atoms with Gasteiger partial charge in [0.15, 0.2) is 28.5 Å². The number of ether oxygens (including phenoxy) is 5. The largest absolute Gasteiger partial charge is 0.504 e. The fourth-order valence-electron chi connectivity index (χ4n) is 10.6. The Bertz CT molecular complexity index is 2360. The number of aromatic nitrogens is 1. The summed E-state index contributed by atoms with van der Waals surface area (Å²) in [5.41, 5.74) is 6.40. The summed E-state index contributed by atoms with van der Waals surface area (Å²) in [4.78, 5) is 35.5. The van der Waals surface area contributed by atoms with Crippen molar-refractivity contribution in [2.75, 3.05) is 39.9 Å². The van der Waals surface area contributed by atoms with Gasteiger partial charge < -0.3 is 44.0 Å². The van der Waals surface area contributed by atoms with Crippen LogP contribution < -0.4 is 24.3 Å². The lowest BCUT2D eigenvalue weighted by atomic mass is 9.73. The van der Waals surface area contributed by atoms with Crippen molar-refractivity contribution in [3.63, 3.8) is 0 Å². The third-order valence-corrected chi connectivity index (χ3v) is 14.4. The zero-order chi connectivity index (χ0) is 38.9. The number of piperazine rings is 1. The second-order valence-electron chi connectivity index (χ2n) is 15.8. The number of phenolic OH excluding ortho intramolecular Hbond substituents is 1. The van der Waals surface area contributed by atoms with E-state index in [9.17, 15) is 24.9 Å². The summed E-state index contributed by atoms with van der Waals surface area (Å²) in [7, 11) is 3.52. The maximum Gasteiger partial charge on any atom is 0.333 e. The Kier molecular flexibility index (Phi) is 8.17. The van der Waals surface area contributed by atoms with E-state index in [-0.39, 0.29) is 37.6 Å². The highest BCUT2D eigenvalue weighted by atomic mass is 32.2. The van der Waals surface area contributed by atoms with Crippen molar-refractivity contribution in [3.8, 4) is 28.7 Å². The molecule has 0 aliphatic carbocycles. The Labute approximate surface area is 327 Å². The molecule has 0 radical (unpaired) electrons. The van der Waals surface area contributed by atoms with Crippen molar-refractivity contribution in [2.45, 2.75) is 81.4 Å². The van der Waals surface area contributed by atoms with Gasteiger partial charge in [0.05, 0.1) is 42.8 Å². The molecule has 14 nitrogen and oxygen atoms in total. The van der Waals surface area contributed by atoms with Crippen LogP contribution in [0.2, 0.25) is 0 Å². The van der Waals surface area contributed by atoms with Crippen LogP contribution in [-0.2, 0) is 39.3 Å². The second-order valence-corrected chi connectivity index (χ2v) is 16.9. The molecule has 7 aliphatic heterocycles. The van der Waals surface area contributed by atoms with E-state index in [4.69, 9.17) is 23.7 Å². The molecule has 1 aromatic heterocycles. The molecule has 3 aromatic carbocycles. The fourth-order valence-corrected chi connectivity index (χ4v) is 12.3. The molecule has 4 bridgehead atoms. The standard InChI is InChI=1S/C41H44N4O10S/c1-17-10-21-12-25-39(49)45-26-14-52-40(50)41(38-22(8-9-42-41)23-11-20(13-46)6-7-24(23)43-38)15-56-37(31(45)30(44(25)4)27(21)32(48)33(17)51-5)29-28(26)36-35(53-16-54-36)18(2)34(29)55-19(3)47/h6-7,10-11,25-26,30-31,37,39,42-43,46,48-49H,8-9,12-16H2,1-5H3/t25-,26?,30+,31+,37+,39-,41+/m0/s1. The second kappa shape index (κ2) is 12.7. The fraction of sp³-hybridized carbons (Fsp3) is 0.463. The summed E-state index contributed by atoms with van der Waals surface area (Å²) in [5.74, 6) is 0.928. The smallest absolute Gasteiger partial charge is 0.333 e. The molecule has 7 aliphatic rings. The number of rotatable bonds is 3. The minimum atomic E-state index is -1.30. The molecule has 0 amide bonds. The van der Waals surface area contributed by atoms with Crippen molar-refractivity contribution in [3.05, 3.63) is 74.5 Å². The number of hydrogen-bond acceptors (Lipinski definition) is 14. The Morgan fingerprint density at radius 2 is 1.91 bits per heavy atom. The number of aromatic hydroxyl groups is 1. The average molecular weight is 785 g/mol. The highest BCUT2D eigenvalue weighted by Crippen LogP contribution is 2.64. The number of aryl methyl sites for hydroxylation is 1. The SMILES string of the molecule is COc1c(C)cc2c(c1O)[C@@H]1[C@@H]3[C@@H]4SC[C@]5(NCCc6c5[nH]c5ccc(CO)cc65)C(=O)OCC(c5c6c(c(C)c(OC(C)=O)c54)OCO6)N3[C@@H](O)[C@H](C2)N1C. The number of nitrogens with one attached hydrogen (secondary N) is 2. The Balaban J connectivity index is 1.23. The number of benzene rings is 3. The van der Waals surface area contributed by atoms with Crippen LogP contribution >= 0.6 is 11.8 Å². The van der Waals surface area contributed by atoms with E-state index in [1.807, 2.05) is 50.1 Å². The summed E-state index contributed by atoms with van der Waals surface area (Å²) < 4.78 is 30.6. The molecule has 15 heteroatoms. The van der Waals surface area contributed by atoms with Gasteiger partial charge in [-0.1, -0.05) is 12.1 Å². The lowest BCUT2D eigenvalue weighted by molar-refractivity contribution is -0.186. The molecular formula is C41H44N4O10S. The van der Waals surface area contributed by atoms with Gasteiger partial charge in [0.2, 0.25) is 6.79 Å². The number of likely N-dealkylation sites (N-methyl/N-ethyl adjacent to an activating group) is 1. The van der Waals surface area contributed by atoms with Crippen LogP contribution in [0.5, 0.6) is 28.7 Å². The highest BCUT2D eigenvalue weighted by Gasteiger charge is 2.61. The van der Waals surface area contributed by atoms with Gasteiger partial charge in [-0.3, -0.25) is 19.9 Å². The summed E-state index contributed by atoms with van der Waals surface area (Å²) in [6.45, 7) is 5.29. The molecule has 4 aromatic rings. The van der Waals surface area contributed by atoms with Crippen molar-refractivity contribution in [1.82, 2.24) is 20.1 Å². The van der Waals surface area contributed by atoms with Gasteiger partial charge in [-0.15, -0.1) is 11.8 Å². The molecule has 294 valence electrons. The van der Waals surface area contributed by atoms with E-state index in [2.05, 4.69) is 15.2 Å². The van der Waals surface area contributed by atoms with Crippen molar-refractivity contribution >= 4 is 34.6 Å². The molecule has 5 N–H and O–H groups in total. The van der Waals surface area contributed by atoms with Crippen LogP contribution in [0.4, 0.5) is 0 Å². The zero-order valence-electron chi connectivity index (χ0n) is 31.7. The zero-order valence-corrected chi connectivity index (χ0v) is 32.5. The van der Waals surface area contributed by atoms with Gasteiger partial charge >= 0.3 is 11.9 Å². The normalized spacial score (nSPS) is 29.0. The molecular weight excluding hydrogens is 741 g/mol. The minimum Gasteiger partial charge on any atom is -0.504 e. The van der Waals surface area contributed by atoms with Gasteiger partial charge in [-0.25, -0.2) is 4.79 Å². The van der Waals surface area contributed by atoms with E-state index < -0.39 is 47.1 Å². The predicted molar refractivity (Wildman–Crippen MR) is 204 cm³/mol. The molecule has 1 unspecified atom stereocenters. The lowest BCUT2D eigenvalue weighted by Gasteiger charge is -2.62.